The Bertz CT molecular complexity index is 2720. The average Bonchev–Trinajstić information content (AvgIpc) is 3.33. The van der Waals surface area contributed by atoms with E-state index in [1.807, 2.05) is 36.4 Å². The van der Waals surface area contributed by atoms with Crippen LogP contribution in [0.25, 0.3) is 11.1 Å². The first kappa shape index (κ1) is 53.0. The number of carboxylic acid groups (broad SMARTS) is 2. The highest BCUT2D eigenvalue weighted by atomic mass is 79.9. The van der Waals surface area contributed by atoms with Crippen LogP contribution >= 0.6 is 55.1 Å². The fourth-order valence-electron chi connectivity index (χ4n) is 6.90. The Morgan fingerprint density at radius 1 is 0.586 bits per heavy atom. The second-order valence-electron chi connectivity index (χ2n) is 15.6. The average molecular weight is 1120 g/mol. The van der Waals surface area contributed by atoms with E-state index in [0.29, 0.717) is 56.4 Å². The molecule has 2 aromatic heterocycles. The normalized spacial score (nSPS) is 11.8. The molecule has 4 aromatic carbocycles. The van der Waals surface area contributed by atoms with E-state index < -0.39 is 37.0 Å². The lowest BCUT2D eigenvalue weighted by molar-refractivity contribution is -0.140. The molecule has 362 valence electrons. The molecular weight excluding hydrogens is 1080 g/mol. The number of carboxylic acids is 2. The van der Waals surface area contributed by atoms with Crippen molar-refractivity contribution in [3.8, 4) is 46.3 Å². The highest BCUT2D eigenvalue weighted by molar-refractivity contribution is 9.11. The van der Waals surface area contributed by atoms with Gasteiger partial charge in [0.1, 0.15) is 61.6 Å². The second kappa shape index (κ2) is 26.0. The van der Waals surface area contributed by atoms with E-state index in [1.54, 1.807) is 48.8 Å². The van der Waals surface area contributed by atoms with Crippen molar-refractivity contribution in [2.45, 2.75) is 64.6 Å². The molecule has 0 aliphatic heterocycles. The van der Waals surface area contributed by atoms with Crippen LogP contribution in [-0.2, 0) is 49.1 Å². The zero-order chi connectivity index (χ0) is 50.2. The van der Waals surface area contributed by atoms with Crippen molar-refractivity contribution >= 4 is 67.0 Å². The number of carbonyl (C=O) groups is 2. The summed E-state index contributed by atoms with van der Waals surface area (Å²) < 4.78 is 26.5. The number of halogens is 4. The largest absolute Gasteiger partial charge is 0.488 e. The number of aromatic nitrogens is 2. The molecule has 6 N–H and O–H groups in total. The number of nitriles is 2. The molecule has 0 fully saturated rings. The summed E-state index contributed by atoms with van der Waals surface area (Å²) in [7, 11) is 0. The summed E-state index contributed by atoms with van der Waals surface area (Å²) in [5.41, 5.74) is 6.57. The number of hydrogen-bond donors (Lipinski definition) is 6. The van der Waals surface area contributed by atoms with Gasteiger partial charge in [-0.3, -0.25) is 19.6 Å². The summed E-state index contributed by atoms with van der Waals surface area (Å²) in [5.74, 6) is -0.785. The van der Waals surface area contributed by atoms with Gasteiger partial charge in [-0.25, -0.2) is 0 Å². The quantitative estimate of drug-likeness (QED) is 0.0313. The summed E-state index contributed by atoms with van der Waals surface area (Å²) in [6.07, 6.45) is 3.03. The van der Waals surface area contributed by atoms with Gasteiger partial charge in [0.2, 0.25) is 0 Å². The van der Waals surface area contributed by atoms with E-state index in [9.17, 15) is 30.3 Å². The number of nitrogens with zero attached hydrogens (tertiary/aromatic N) is 4. The monoisotopic (exact) mass is 1120 g/mol. The molecule has 6 rings (SSSR count). The van der Waals surface area contributed by atoms with E-state index in [0.717, 1.165) is 31.2 Å². The Labute approximate surface area is 429 Å². The molecule has 0 unspecified atom stereocenters. The van der Waals surface area contributed by atoms with E-state index in [2.05, 4.69) is 64.6 Å². The summed E-state index contributed by atoms with van der Waals surface area (Å²) in [6.45, 7) is 0.728. The van der Waals surface area contributed by atoms with Gasteiger partial charge >= 0.3 is 11.9 Å². The predicted molar refractivity (Wildman–Crippen MR) is 265 cm³/mol. The first-order valence-electron chi connectivity index (χ1n) is 21.3. The van der Waals surface area contributed by atoms with Crippen LogP contribution in [0.15, 0.2) is 107 Å². The minimum atomic E-state index is -1.12. The van der Waals surface area contributed by atoms with E-state index in [1.165, 1.54) is 12.4 Å². The van der Waals surface area contributed by atoms with Crippen LogP contribution in [0.1, 0.15) is 57.3 Å². The molecule has 0 bridgehead atoms. The molecule has 0 radical (unpaired) electrons. The Kier molecular flexibility index (Phi) is 19.7. The number of aliphatic hydroxyl groups excluding tert-OH is 2. The highest BCUT2D eigenvalue weighted by Gasteiger charge is 2.19. The number of hydrogen-bond acceptors (Lipinski definition) is 14. The van der Waals surface area contributed by atoms with Gasteiger partial charge in [0.05, 0.1) is 46.2 Å². The van der Waals surface area contributed by atoms with Crippen LogP contribution < -0.4 is 29.6 Å². The summed E-state index contributed by atoms with van der Waals surface area (Å²) in [6, 6.07) is 25.6. The SMILES string of the molecule is N#Cc1cncc(COc2cc(OCc3cccc(-c4cccc(COc5cc(OCc6cncc(C#N)c6)c(CNC[C@@H](O)CC(=O)O)cc5Cl)c4Br)c3Br)c(Cl)cc2CNC[C@@H](O)CC(=O)O)c1. The van der Waals surface area contributed by atoms with Gasteiger partial charge in [0.15, 0.2) is 0 Å². The predicted octanol–water partition coefficient (Wildman–Crippen LogP) is 8.89. The molecule has 0 aliphatic rings. The Balaban J connectivity index is 1.18. The van der Waals surface area contributed by atoms with Crippen molar-refractivity contribution in [1.29, 1.82) is 10.5 Å². The van der Waals surface area contributed by atoms with Gasteiger partial charge < -0.3 is 50.0 Å². The molecule has 0 saturated carbocycles. The van der Waals surface area contributed by atoms with E-state index >= 15 is 0 Å². The Morgan fingerprint density at radius 3 is 1.37 bits per heavy atom. The van der Waals surface area contributed by atoms with Crippen LogP contribution in [0.2, 0.25) is 10.0 Å². The van der Waals surface area contributed by atoms with Gasteiger partial charge in [-0.1, -0.05) is 59.6 Å². The third-order valence-electron chi connectivity index (χ3n) is 10.3. The fraction of sp³-hybridized carbons (Fsp3) is 0.240. The molecular formula is C50H44Br2Cl2N6O10. The van der Waals surface area contributed by atoms with Gasteiger partial charge in [-0.05, 0) is 67.3 Å². The summed E-state index contributed by atoms with van der Waals surface area (Å²) in [4.78, 5) is 30.3. The third-order valence-corrected chi connectivity index (χ3v) is 12.8. The number of aliphatic carboxylic acids is 2. The second-order valence-corrected chi connectivity index (χ2v) is 18.0. The minimum absolute atomic E-state index is 0.0118. The highest BCUT2D eigenvalue weighted by Crippen LogP contribution is 2.40. The smallest absolute Gasteiger partial charge is 0.306 e. The number of nitrogens with one attached hydrogen (secondary N) is 2. The number of aliphatic hydroxyl groups is 2. The van der Waals surface area contributed by atoms with Crippen LogP contribution in [0.4, 0.5) is 0 Å². The topological polar surface area (TPSA) is 249 Å². The molecule has 16 nitrogen and oxygen atoms in total. The van der Waals surface area contributed by atoms with Gasteiger partial charge in [0.25, 0.3) is 0 Å². The molecule has 0 amide bonds. The lowest BCUT2D eigenvalue weighted by Gasteiger charge is -2.18. The van der Waals surface area contributed by atoms with E-state index in [4.69, 9.17) is 52.4 Å². The van der Waals surface area contributed by atoms with Crippen molar-refractivity contribution in [3.63, 3.8) is 0 Å². The summed E-state index contributed by atoms with van der Waals surface area (Å²) in [5, 5.41) is 63.6. The van der Waals surface area contributed by atoms with Crippen LogP contribution in [-0.4, -0.2) is 67.6 Å². The molecule has 0 aliphatic carbocycles. The van der Waals surface area contributed by atoms with Crippen LogP contribution in [0.3, 0.4) is 0 Å². The molecule has 20 heteroatoms. The first-order valence-corrected chi connectivity index (χ1v) is 23.7. The Hall–Kier alpha value is -6.32. The van der Waals surface area contributed by atoms with Crippen molar-refractivity contribution in [2.75, 3.05) is 13.1 Å². The lowest BCUT2D eigenvalue weighted by atomic mass is 10.0. The van der Waals surface area contributed by atoms with Crippen molar-refractivity contribution in [1.82, 2.24) is 20.6 Å². The van der Waals surface area contributed by atoms with Gasteiger partial charge in [-0.2, -0.15) is 10.5 Å². The maximum atomic E-state index is 11.0. The van der Waals surface area contributed by atoms with Crippen LogP contribution in [0.5, 0.6) is 23.0 Å². The maximum absolute atomic E-state index is 11.0. The standard InChI is InChI=1S/C50H44Br2Cl2N6O10/c51-49-33(27-69-45-13-43(67-25-31-7-29(15-55)17-57-19-31)35(9-41(45)53)21-59-23-37(61)11-47(63)64)3-1-5-39(49)40-6-2-4-34(50(40)52)28-70-46-14-44(68-26-32-8-30(16-56)18-58-20-32)36(10-42(46)54)22-60-24-38(62)12-48(65)66/h1-10,13-14,17-20,37-38,59-62H,11-12,21-28H2,(H,63,64)(H,65,66)/t37-,38-/m0/s1. The molecule has 0 spiro atoms. The zero-order valence-electron chi connectivity index (χ0n) is 37.0. The molecule has 70 heavy (non-hydrogen) atoms. The molecule has 2 heterocycles. The Morgan fingerprint density at radius 2 is 0.986 bits per heavy atom. The first-order chi connectivity index (χ1) is 33.7. The third kappa shape index (κ3) is 15.3. The minimum Gasteiger partial charge on any atom is -0.488 e. The van der Waals surface area contributed by atoms with Crippen molar-refractivity contribution < 1.29 is 49.0 Å². The lowest BCUT2D eigenvalue weighted by Crippen LogP contribution is -2.28. The number of ether oxygens (including phenoxy) is 4. The molecule has 6 aromatic rings. The maximum Gasteiger partial charge on any atom is 0.306 e. The van der Waals surface area contributed by atoms with Gasteiger partial charge in [-0.15, -0.1) is 0 Å². The number of rotatable bonds is 25. The molecule has 2 atom stereocenters. The number of pyridine rings is 2. The van der Waals surface area contributed by atoms with Crippen LogP contribution in [0, 0.1) is 22.7 Å². The van der Waals surface area contributed by atoms with Crippen molar-refractivity contribution in [3.05, 3.63) is 161 Å². The fourth-order valence-corrected chi connectivity index (χ4v) is 8.57. The van der Waals surface area contributed by atoms with E-state index in [-0.39, 0.29) is 62.7 Å². The zero-order valence-corrected chi connectivity index (χ0v) is 41.7. The van der Waals surface area contributed by atoms with Gasteiger partial charge in [0, 0.05) is 105 Å². The number of benzene rings is 4. The van der Waals surface area contributed by atoms with Crippen molar-refractivity contribution in [2.24, 2.45) is 0 Å². The summed E-state index contributed by atoms with van der Waals surface area (Å²) >= 11 is 21.2. The molecule has 0 saturated heterocycles.